The summed E-state index contributed by atoms with van der Waals surface area (Å²) in [5.41, 5.74) is 13.4. The lowest BCUT2D eigenvalue weighted by molar-refractivity contribution is 0.759. The Kier molecular flexibility index (Phi) is 5.20. The van der Waals surface area contributed by atoms with E-state index in [0.29, 0.717) is 10.9 Å². The van der Waals surface area contributed by atoms with Crippen molar-refractivity contribution >= 4 is 44.9 Å². The van der Waals surface area contributed by atoms with E-state index in [1.54, 1.807) is 11.8 Å². The average Bonchev–Trinajstić information content (AvgIpc) is 2.93. The molecule has 23 heavy (non-hydrogen) atoms. The van der Waals surface area contributed by atoms with Crippen LogP contribution in [0.15, 0.2) is 35.3 Å². The summed E-state index contributed by atoms with van der Waals surface area (Å²) in [7, 11) is 0. The van der Waals surface area contributed by atoms with Crippen LogP contribution >= 0.6 is 23.1 Å². The van der Waals surface area contributed by atoms with Crippen LogP contribution in [0.5, 0.6) is 0 Å². The standard InChI is InChI=1S/C16H21N5S2/c1-2-3-7-10-22-16-20-14-12(23-15(18)19-14)13(17)21(16)11-8-5-4-6-9-11/h4-6,8-9,13H,2-3,7,10,17H2,1H3,(H2,18,19). The first-order chi connectivity index (χ1) is 11.2. The molecule has 0 fully saturated rings. The molecule has 1 aliphatic rings. The number of anilines is 2. The number of benzene rings is 1. The topological polar surface area (TPSA) is 80.5 Å². The third kappa shape index (κ3) is 3.52. The van der Waals surface area contributed by atoms with Gasteiger partial charge >= 0.3 is 0 Å². The number of amidine groups is 1. The van der Waals surface area contributed by atoms with Gasteiger partial charge in [0.15, 0.2) is 16.1 Å². The van der Waals surface area contributed by atoms with Crippen molar-refractivity contribution in [2.75, 3.05) is 16.4 Å². The molecule has 1 aromatic carbocycles. The van der Waals surface area contributed by atoms with E-state index < -0.39 is 0 Å². The number of nitrogen functional groups attached to an aromatic ring is 1. The van der Waals surface area contributed by atoms with Crippen molar-refractivity contribution in [2.24, 2.45) is 10.7 Å². The first-order valence-corrected chi connectivity index (χ1v) is 9.58. The minimum absolute atomic E-state index is 0.298. The van der Waals surface area contributed by atoms with E-state index >= 15 is 0 Å². The summed E-state index contributed by atoms with van der Waals surface area (Å²) in [6, 6.07) is 10.1. The molecule has 1 aromatic heterocycles. The zero-order valence-corrected chi connectivity index (χ0v) is 14.7. The molecule has 0 bridgehead atoms. The molecule has 0 amide bonds. The highest BCUT2D eigenvalue weighted by Gasteiger charge is 2.31. The van der Waals surface area contributed by atoms with Crippen LogP contribution in [0.25, 0.3) is 0 Å². The second-order valence-electron chi connectivity index (χ2n) is 5.34. The van der Waals surface area contributed by atoms with Gasteiger partial charge in [-0.1, -0.05) is 61.1 Å². The first-order valence-electron chi connectivity index (χ1n) is 7.78. The molecule has 1 atom stereocenters. The molecule has 7 heteroatoms. The number of hydrogen-bond donors (Lipinski definition) is 2. The number of nitrogens with zero attached hydrogens (tertiary/aromatic N) is 3. The van der Waals surface area contributed by atoms with Gasteiger partial charge in [0.25, 0.3) is 0 Å². The van der Waals surface area contributed by atoms with E-state index in [0.717, 1.165) is 21.5 Å². The molecule has 2 aromatic rings. The molecule has 0 saturated carbocycles. The van der Waals surface area contributed by atoms with Gasteiger partial charge in [0, 0.05) is 11.4 Å². The summed E-state index contributed by atoms with van der Waals surface area (Å²) in [5, 5.41) is 1.41. The van der Waals surface area contributed by atoms with Crippen LogP contribution in [-0.2, 0) is 0 Å². The number of rotatable bonds is 5. The molecule has 2 heterocycles. The maximum Gasteiger partial charge on any atom is 0.182 e. The molecule has 0 radical (unpaired) electrons. The number of thioether (sulfide) groups is 1. The van der Waals surface area contributed by atoms with Gasteiger partial charge in [-0.05, 0) is 18.6 Å². The summed E-state index contributed by atoms with van der Waals surface area (Å²) < 4.78 is 0. The minimum atomic E-state index is -0.298. The van der Waals surface area contributed by atoms with Gasteiger partial charge in [-0.2, -0.15) is 0 Å². The predicted molar refractivity (Wildman–Crippen MR) is 101 cm³/mol. The molecule has 0 aliphatic carbocycles. The Balaban J connectivity index is 1.91. The maximum absolute atomic E-state index is 6.50. The summed E-state index contributed by atoms with van der Waals surface area (Å²) >= 11 is 3.15. The third-order valence-electron chi connectivity index (χ3n) is 3.62. The molecule has 0 spiro atoms. The Hall–Kier alpha value is -1.57. The van der Waals surface area contributed by atoms with Gasteiger partial charge in [0.05, 0.1) is 4.88 Å². The zero-order valence-electron chi connectivity index (χ0n) is 13.1. The minimum Gasteiger partial charge on any atom is -0.375 e. The fraction of sp³-hybridized carbons (Fsp3) is 0.375. The number of hydrogen-bond acceptors (Lipinski definition) is 7. The van der Waals surface area contributed by atoms with Crippen LogP contribution in [0.1, 0.15) is 37.2 Å². The fourth-order valence-electron chi connectivity index (χ4n) is 2.47. The summed E-state index contributed by atoms with van der Waals surface area (Å²) in [6.45, 7) is 2.21. The number of fused-ring (bicyclic) bond motifs is 1. The molecule has 1 unspecified atom stereocenters. The number of para-hydroxylation sites is 1. The molecular weight excluding hydrogens is 326 g/mol. The van der Waals surface area contributed by atoms with E-state index in [-0.39, 0.29) is 6.17 Å². The van der Waals surface area contributed by atoms with Crippen molar-refractivity contribution in [3.05, 3.63) is 35.2 Å². The molecular formula is C16H21N5S2. The highest BCUT2D eigenvalue weighted by Crippen LogP contribution is 2.41. The van der Waals surface area contributed by atoms with Crippen molar-refractivity contribution in [1.82, 2.24) is 4.98 Å². The second-order valence-corrected chi connectivity index (χ2v) is 7.46. The van der Waals surface area contributed by atoms with Crippen LogP contribution in [0.3, 0.4) is 0 Å². The number of aliphatic imine (C=N–C) groups is 1. The van der Waals surface area contributed by atoms with Crippen molar-refractivity contribution in [2.45, 2.75) is 32.4 Å². The predicted octanol–water partition coefficient (Wildman–Crippen LogP) is 4.11. The number of thiazole rings is 1. The van der Waals surface area contributed by atoms with Crippen molar-refractivity contribution < 1.29 is 0 Å². The average molecular weight is 348 g/mol. The van der Waals surface area contributed by atoms with Crippen LogP contribution < -0.4 is 16.4 Å². The van der Waals surface area contributed by atoms with Gasteiger partial charge in [-0.3, -0.25) is 4.90 Å². The highest BCUT2D eigenvalue weighted by molar-refractivity contribution is 8.14. The van der Waals surface area contributed by atoms with Gasteiger partial charge in [0.2, 0.25) is 0 Å². The number of nitrogens with two attached hydrogens (primary N) is 2. The first kappa shape index (κ1) is 16.3. The Labute approximate surface area is 144 Å². The van der Waals surface area contributed by atoms with Crippen molar-refractivity contribution in [1.29, 1.82) is 0 Å². The van der Waals surface area contributed by atoms with Crippen molar-refractivity contribution in [3.8, 4) is 0 Å². The van der Waals surface area contributed by atoms with Crippen LogP contribution in [0, 0.1) is 0 Å². The van der Waals surface area contributed by atoms with Crippen LogP contribution in [0.4, 0.5) is 16.6 Å². The number of unbranched alkanes of at least 4 members (excludes halogenated alkanes) is 2. The SMILES string of the molecule is CCCCCSC1=Nc2nc(N)sc2C(N)N1c1ccccc1. The lowest BCUT2D eigenvalue weighted by atomic mass is 10.2. The third-order valence-corrected chi connectivity index (χ3v) is 5.60. The summed E-state index contributed by atoms with van der Waals surface area (Å²) in [4.78, 5) is 12.0. The van der Waals surface area contributed by atoms with E-state index in [4.69, 9.17) is 16.5 Å². The van der Waals surface area contributed by atoms with Gasteiger partial charge in [0.1, 0.15) is 6.17 Å². The van der Waals surface area contributed by atoms with E-state index in [2.05, 4.69) is 28.9 Å². The van der Waals surface area contributed by atoms with Gasteiger partial charge in [-0.15, -0.1) is 0 Å². The van der Waals surface area contributed by atoms with Crippen LogP contribution in [0.2, 0.25) is 0 Å². The van der Waals surface area contributed by atoms with E-state index in [9.17, 15) is 0 Å². The Morgan fingerprint density at radius 1 is 1.26 bits per heavy atom. The lowest BCUT2D eigenvalue weighted by Crippen LogP contribution is -2.40. The second kappa shape index (κ2) is 7.33. The van der Waals surface area contributed by atoms with Crippen LogP contribution in [-0.4, -0.2) is 15.9 Å². The Bertz CT molecular complexity index is 683. The normalized spacial score (nSPS) is 17.0. The number of aromatic nitrogens is 1. The largest absolute Gasteiger partial charge is 0.375 e. The lowest BCUT2D eigenvalue weighted by Gasteiger charge is -2.33. The molecule has 122 valence electrons. The molecule has 1 aliphatic heterocycles. The van der Waals surface area contributed by atoms with Gasteiger partial charge < -0.3 is 11.5 Å². The summed E-state index contributed by atoms with van der Waals surface area (Å²) in [5.74, 6) is 1.70. The Morgan fingerprint density at radius 2 is 2.04 bits per heavy atom. The fourth-order valence-corrected chi connectivity index (χ4v) is 4.28. The quantitative estimate of drug-likeness (QED) is 0.795. The molecule has 3 rings (SSSR count). The smallest absolute Gasteiger partial charge is 0.182 e. The Morgan fingerprint density at radius 3 is 2.78 bits per heavy atom. The molecule has 5 nitrogen and oxygen atoms in total. The van der Waals surface area contributed by atoms with E-state index in [1.807, 2.05) is 18.2 Å². The monoisotopic (exact) mass is 347 g/mol. The highest BCUT2D eigenvalue weighted by atomic mass is 32.2. The maximum atomic E-state index is 6.50. The molecule has 0 saturated heterocycles. The molecule has 4 N–H and O–H groups in total. The van der Waals surface area contributed by atoms with Crippen molar-refractivity contribution in [3.63, 3.8) is 0 Å². The summed E-state index contributed by atoms with van der Waals surface area (Å²) in [6.07, 6.45) is 3.31. The van der Waals surface area contributed by atoms with E-state index in [1.165, 1.54) is 30.6 Å². The zero-order chi connectivity index (χ0) is 16.2. The van der Waals surface area contributed by atoms with Gasteiger partial charge in [-0.25, -0.2) is 9.98 Å².